The van der Waals surface area contributed by atoms with Crippen LogP contribution in [0, 0.1) is 0 Å². The maximum absolute atomic E-state index is 4.59. The summed E-state index contributed by atoms with van der Waals surface area (Å²) in [6.45, 7) is 0. The van der Waals surface area contributed by atoms with Crippen molar-refractivity contribution in [3.63, 3.8) is 0 Å². The van der Waals surface area contributed by atoms with Crippen LogP contribution in [0.1, 0.15) is 5.69 Å². The zero-order chi connectivity index (χ0) is 14.8. The predicted molar refractivity (Wildman–Crippen MR) is 84.8 cm³/mol. The summed E-state index contributed by atoms with van der Waals surface area (Å²) in [6, 6.07) is 12.1. The lowest BCUT2D eigenvalue weighted by Crippen LogP contribution is -1.95. The van der Waals surface area contributed by atoms with Crippen molar-refractivity contribution >= 4 is 22.9 Å². The van der Waals surface area contributed by atoms with E-state index in [9.17, 15) is 0 Å². The normalized spacial score (nSPS) is 11.1. The van der Waals surface area contributed by atoms with Crippen molar-refractivity contribution in [2.24, 2.45) is 0 Å². The highest BCUT2D eigenvalue weighted by molar-refractivity contribution is 7.98. The van der Waals surface area contributed by atoms with Gasteiger partial charge in [-0.15, -0.1) is 0 Å². The average Bonchev–Trinajstić information content (AvgIpc) is 3.23. The number of thioether (sulfide) groups is 1. The standard InChI is InChI=1S/C15H12N6S/c1-2-4-12(5-3-1)21-7-6-11(20-21)8-22-15-13-14(17-9-16-13)18-10-19-15/h1-7,9-10H,8H2,(H,16,17,18,19). The van der Waals surface area contributed by atoms with Crippen LogP contribution in [0.15, 0.2) is 60.3 Å². The Kier molecular flexibility index (Phi) is 3.32. The summed E-state index contributed by atoms with van der Waals surface area (Å²) in [5.41, 5.74) is 3.61. The fraction of sp³-hybridized carbons (Fsp3) is 0.0667. The number of nitrogens with zero attached hydrogens (tertiary/aromatic N) is 5. The van der Waals surface area contributed by atoms with Crippen molar-refractivity contribution in [2.45, 2.75) is 10.8 Å². The summed E-state index contributed by atoms with van der Waals surface area (Å²) in [5.74, 6) is 0.741. The molecule has 0 fully saturated rings. The SMILES string of the molecule is c1ccc(-n2ccc(CSc3ncnc4nc[nH]c34)n2)cc1. The summed E-state index contributed by atoms with van der Waals surface area (Å²) in [6.07, 6.45) is 5.14. The number of H-pyrrole nitrogens is 1. The number of aromatic nitrogens is 6. The van der Waals surface area contributed by atoms with E-state index >= 15 is 0 Å². The number of benzene rings is 1. The molecule has 0 aliphatic rings. The van der Waals surface area contributed by atoms with Gasteiger partial charge in [0.05, 0.1) is 17.7 Å². The Morgan fingerprint density at radius 2 is 1.95 bits per heavy atom. The minimum absolute atomic E-state index is 0.687. The van der Waals surface area contributed by atoms with Crippen LogP contribution >= 0.6 is 11.8 Å². The monoisotopic (exact) mass is 308 g/mol. The highest BCUT2D eigenvalue weighted by Crippen LogP contribution is 2.25. The molecule has 0 aliphatic heterocycles. The lowest BCUT2D eigenvalue weighted by atomic mass is 10.3. The van der Waals surface area contributed by atoms with Gasteiger partial charge in [0.25, 0.3) is 0 Å². The van der Waals surface area contributed by atoms with Gasteiger partial charge in [0.15, 0.2) is 5.65 Å². The Bertz CT molecular complexity index is 898. The Morgan fingerprint density at radius 3 is 2.86 bits per heavy atom. The summed E-state index contributed by atoms with van der Waals surface area (Å²) >= 11 is 1.62. The van der Waals surface area contributed by atoms with Crippen LogP contribution in [0.2, 0.25) is 0 Å². The van der Waals surface area contributed by atoms with E-state index in [0.717, 1.165) is 27.7 Å². The number of para-hydroxylation sites is 1. The van der Waals surface area contributed by atoms with Gasteiger partial charge in [-0.1, -0.05) is 30.0 Å². The summed E-state index contributed by atoms with van der Waals surface area (Å²) < 4.78 is 1.88. The van der Waals surface area contributed by atoms with Gasteiger partial charge in [-0.05, 0) is 18.2 Å². The molecule has 3 aromatic heterocycles. The van der Waals surface area contributed by atoms with Crippen molar-refractivity contribution < 1.29 is 0 Å². The summed E-state index contributed by atoms with van der Waals surface area (Å²) in [7, 11) is 0. The van der Waals surface area contributed by atoms with E-state index in [0.29, 0.717) is 5.65 Å². The summed E-state index contributed by atoms with van der Waals surface area (Å²) in [4.78, 5) is 15.6. The van der Waals surface area contributed by atoms with Crippen molar-refractivity contribution in [3.05, 3.63) is 60.9 Å². The molecule has 108 valence electrons. The van der Waals surface area contributed by atoms with Crippen molar-refractivity contribution in [1.82, 2.24) is 29.7 Å². The largest absolute Gasteiger partial charge is 0.341 e. The lowest BCUT2D eigenvalue weighted by Gasteiger charge is -2.01. The summed E-state index contributed by atoms with van der Waals surface area (Å²) in [5, 5.41) is 5.48. The molecule has 0 bridgehead atoms. The highest BCUT2D eigenvalue weighted by Gasteiger charge is 2.08. The van der Waals surface area contributed by atoms with Crippen molar-refractivity contribution in [1.29, 1.82) is 0 Å². The maximum Gasteiger partial charge on any atom is 0.181 e. The van der Waals surface area contributed by atoms with Gasteiger partial charge in [0.1, 0.15) is 16.9 Å². The first-order valence-electron chi connectivity index (χ1n) is 6.77. The van der Waals surface area contributed by atoms with Crippen LogP contribution in [0.4, 0.5) is 0 Å². The van der Waals surface area contributed by atoms with Gasteiger partial charge >= 0.3 is 0 Å². The molecule has 6 nitrogen and oxygen atoms in total. The molecule has 0 saturated carbocycles. The zero-order valence-corrected chi connectivity index (χ0v) is 12.4. The number of nitrogens with one attached hydrogen (secondary N) is 1. The maximum atomic E-state index is 4.59. The first kappa shape index (κ1) is 13.0. The molecule has 0 radical (unpaired) electrons. The third-order valence-corrected chi connectivity index (χ3v) is 4.23. The second-order valence-electron chi connectivity index (χ2n) is 4.66. The molecule has 1 N–H and O–H groups in total. The Balaban J connectivity index is 1.53. The molecule has 22 heavy (non-hydrogen) atoms. The van der Waals surface area contributed by atoms with Gasteiger partial charge in [-0.25, -0.2) is 19.6 Å². The molecule has 3 heterocycles. The van der Waals surface area contributed by atoms with Crippen LogP contribution in [-0.2, 0) is 5.75 Å². The molecule has 0 unspecified atom stereocenters. The van der Waals surface area contributed by atoms with E-state index in [2.05, 4.69) is 25.0 Å². The fourth-order valence-electron chi connectivity index (χ4n) is 2.16. The third kappa shape index (κ3) is 2.46. The highest BCUT2D eigenvalue weighted by atomic mass is 32.2. The number of aromatic amines is 1. The second kappa shape index (κ2) is 5.61. The zero-order valence-electron chi connectivity index (χ0n) is 11.5. The lowest BCUT2D eigenvalue weighted by molar-refractivity contribution is 0.859. The van der Waals surface area contributed by atoms with E-state index in [1.807, 2.05) is 47.3 Å². The van der Waals surface area contributed by atoms with Gasteiger partial charge in [0, 0.05) is 11.9 Å². The number of fused-ring (bicyclic) bond motifs is 1. The van der Waals surface area contributed by atoms with Crippen LogP contribution in [-0.4, -0.2) is 29.7 Å². The number of rotatable bonds is 4. The first-order chi connectivity index (χ1) is 10.9. The Morgan fingerprint density at radius 1 is 1.05 bits per heavy atom. The van der Waals surface area contributed by atoms with E-state index < -0.39 is 0 Å². The molecular formula is C15H12N6S. The van der Waals surface area contributed by atoms with E-state index in [-0.39, 0.29) is 0 Å². The number of imidazole rings is 1. The van der Waals surface area contributed by atoms with E-state index in [1.165, 1.54) is 6.33 Å². The van der Waals surface area contributed by atoms with Crippen LogP contribution in [0.5, 0.6) is 0 Å². The smallest absolute Gasteiger partial charge is 0.181 e. The van der Waals surface area contributed by atoms with Gasteiger partial charge in [-0.3, -0.25) is 0 Å². The van der Waals surface area contributed by atoms with E-state index in [4.69, 9.17) is 0 Å². The van der Waals surface area contributed by atoms with Gasteiger partial charge in [-0.2, -0.15) is 5.10 Å². The molecule has 1 aromatic carbocycles. The molecule has 4 aromatic rings. The van der Waals surface area contributed by atoms with Crippen LogP contribution in [0.25, 0.3) is 16.9 Å². The van der Waals surface area contributed by atoms with Crippen LogP contribution < -0.4 is 0 Å². The van der Waals surface area contributed by atoms with E-state index in [1.54, 1.807) is 18.1 Å². The molecule has 0 atom stereocenters. The second-order valence-corrected chi connectivity index (χ2v) is 5.62. The molecule has 0 spiro atoms. The number of hydrogen-bond acceptors (Lipinski definition) is 5. The van der Waals surface area contributed by atoms with Crippen molar-refractivity contribution in [3.8, 4) is 5.69 Å². The van der Waals surface area contributed by atoms with Gasteiger partial charge in [0.2, 0.25) is 0 Å². The molecule has 0 aliphatic carbocycles. The Labute approximate surface area is 130 Å². The topological polar surface area (TPSA) is 72.3 Å². The minimum atomic E-state index is 0.687. The quantitative estimate of drug-likeness (QED) is 0.463. The molecular weight excluding hydrogens is 296 g/mol. The predicted octanol–water partition coefficient (Wildman–Crippen LogP) is 2.83. The molecule has 4 rings (SSSR count). The third-order valence-electron chi connectivity index (χ3n) is 3.21. The molecule has 7 heteroatoms. The molecule has 0 saturated heterocycles. The van der Waals surface area contributed by atoms with Gasteiger partial charge < -0.3 is 4.98 Å². The van der Waals surface area contributed by atoms with Crippen molar-refractivity contribution in [2.75, 3.05) is 0 Å². The Hall–Kier alpha value is -2.67. The first-order valence-corrected chi connectivity index (χ1v) is 7.75. The average molecular weight is 308 g/mol. The molecule has 0 amide bonds. The number of hydrogen-bond donors (Lipinski definition) is 1. The van der Waals surface area contributed by atoms with Crippen LogP contribution in [0.3, 0.4) is 0 Å². The fourth-order valence-corrected chi connectivity index (χ4v) is 3.01. The minimum Gasteiger partial charge on any atom is -0.341 e.